The summed E-state index contributed by atoms with van der Waals surface area (Å²) >= 11 is 0. The Bertz CT molecular complexity index is 551. The molecule has 22 heavy (non-hydrogen) atoms. The first-order valence-corrected chi connectivity index (χ1v) is 8.18. The number of rotatable bonds is 4. The quantitative estimate of drug-likeness (QED) is 0.795. The second kappa shape index (κ2) is 7.41. The zero-order chi connectivity index (χ0) is 15.2. The number of hydrogen-bond acceptors (Lipinski definition) is 3. The van der Waals surface area contributed by atoms with Crippen LogP contribution in [0.25, 0.3) is 0 Å². The molecular weight excluding hydrogens is 270 g/mol. The lowest BCUT2D eigenvalue weighted by Crippen LogP contribution is -2.34. The number of aliphatic imine (C=N–C) groups is 1. The second-order valence-corrected chi connectivity index (χ2v) is 6.23. The van der Waals surface area contributed by atoms with E-state index < -0.39 is 0 Å². The van der Waals surface area contributed by atoms with E-state index in [-0.39, 0.29) is 0 Å². The fraction of sp³-hybridized carbons (Fsp3) is 0.421. The predicted molar refractivity (Wildman–Crippen MR) is 93.1 cm³/mol. The van der Waals surface area contributed by atoms with Gasteiger partial charge in [0.2, 0.25) is 0 Å². The van der Waals surface area contributed by atoms with Crippen molar-refractivity contribution in [3.63, 3.8) is 0 Å². The van der Waals surface area contributed by atoms with Gasteiger partial charge in [0.05, 0.1) is 6.04 Å². The number of allylic oxidation sites excluding steroid dienone is 2. The fourth-order valence-corrected chi connectivity index (χ4v) is 2.95. The molecule has 0 amide bonds. The highest BCUT2D eigenvalue weighted by atomic mass is 15.1. The molecule has 116 valence electrons. The smallest absolute Gasteiger partial charge is 0.0524 e. The van der Waals surface area contributed by atoms with Gasteiger partial charge in [-0.05, 0) is 36.3 Å². The number of piperidine rings is 1. The van der Waals surface area contributed by atoms with Crippen LogP contribution in [0, 0.1) is 0 Å². The molecule has 0 unspecified atom stereocenters. The average Bonchev–Trinajstić information content (AvgIpc) is 2.57. The van der Waals surface area contributed by atoms with E-state index in [1.165, 1.54) is 24.0 Å². The Labute approximate surface area is 133 Å². The van der Waals surface area contributed by atoms with Crippen molar-refractivity contribution in [3.8, 4) is 0 Å². The van der Waals surface area contributed by atoms with E-state index in [1.807, 2.05) is 0 Å². The maximum atomic E-state index is 4.78. The highest BCUT2D eigenvalue weighted by molar-refractivity contribution is 5.82. The molecule has 1 saturated heterocycles. The first-order valence-electron chi connectivity index (χ1n) is 8.18. The summed E-state index contributed by atoms with van der Waals surface area (Å²) in [5, 5.41) is 0. The first kappa shape index (κ1) is 15.0. The molecule has 2 heterocycles. The van der Waals surface area contributed by atoms with E-state index in [4.69, 9.17) is 4.99 Å². The molecule has 3 nitrogen and oxygen atoms in total. The van der Waals surface area contributed by atoms with Crippen LogP contribution in [0.5, 0.6) is 0 Å². The minimum Gasteiger partial charge on any atom is -0.377 e. The molecule has 2 aliphatic heterocycles. The molecule has 2 aliphatic rings. The van der Waals surface area contributed by atoms with Gasteiger partial charge in [0.1, 0.15) is 0 Å². The van der Waals surface area contributed by atoms with E-state index in [0.29, 0.717) is 6.04 Å². The summed E-state index contributed by atoms with van der Waals surface area (Å²) in [6.07, 6.45) is 10.9. The van der Waals surface area contributed by atoms with Crippen LogP contribution < -0.4 is 0 Å². The Kier molecular flexibility index (Phi) is 5.07. The van der Waals surface area contributed by atoms with Crippen molar-refractivity contribution in [3.05, 3.63) is 59.8 Å². The fourth-order valence-electron chi connectivity index (χ4n) is 2.95. The molecule has 3 heteroatoms. The van der Waals surface area contributed by atoms with E-state index in [0.717, 1.165) is 26.2 Å². The van der Waals surface area contributed by atoms with Crippen LogP contribution in [-0.2, 0) is 6.54 Å². The van der Waals surface area contributed by atoms with E-state index in [9.17, 15) is 0 Å². The minimum absolute atomic E-state index is 0.487. The summed E-state index contributed by atoms with van der Waals surface area (Å²) in [7, 11) is 2.09. The topological polar surface area (TPSA) is 18.8 Å². The normalized spacial score (nSPS) is 20.6. The second-order valence-electron chi connectivity index (χ2n) is 6.23. The molecule has 0 spiro atoms. The summed E-state index contributed by atoms with van der Waals surface area (Å²) in [5.74, 6) is 0. The van der Waals surface area contributed by atoms with Crippen LogP contribution in [-0.4, -0.2) is 48.7 Å². The molecule has 1 aromatic rings. The van der Waals surface area contributed by atoms with Crippen LogP contribution in [0.15, 0.2) is 59.2 Å². The van der Waals surface area contributed by atoms with Gasteiger partial charge in [-0.3, -0.25) is 9.89 Å². The third kappa shape index (κ3) is 4.31. The summed E-state index contributed by atoms with van der Waals surface area (Å²) in [6.45, 7) is 4.34. The van der Waals surface area contributed by atoms with Gasteiger partial charge in [-0.25, -0.2) is 0 Å². The zero-order valence-electron chi connectivity index (χ0n) is 13.4. The van der Waals surface area contributed by atoms with Gasteiger partial charge >= 0.3 is 0 Å². The van der Waals surface area contributed by atoms with Crippen molar-refractivity contribution in [2.45, 2.75) is 25.4 Å². The molecule has 0 radical (unpaired) electrons. The maximum absolute atomic E-state index is 4.78. The minimum atomic E-state index is 0.487. The Morgan fingerprint density at radius 2 is 1.95 bits per heavy atom. The van der Waals surface area contributed by atoms with E-state index >= 15 is 0 Å². The van der Waals surface area contributed by atoms with Gasteiger partial charge in [-0.2, -0.15) is 0 Å². The van der Waals surface area contributed by atoms with Crippen molar-refractivity contribution in [2.75, 3.05) is 26.7 Å². The molecule has 0 atom stereocenters. The summed E-state index contributed by atoms with van der Waals surface area (Å²) in [6, 6.07) is 11.2. The van der Waals surface area contributed by atoms with Crippen LogP contribution in [0.4, 0.5) is 0 Å². The largest absolute Gasteiger partial charge is 0.377 e. The SMILES string of the molecule is CN1C=CC(C=NC2CCN(Cc3ccccc3)CC2)=CC1. The first-order chi connectivity index (χ1) is 10.8. The van der Waals surface area contributed by atoms with Crippen molar-refractivity contribution < 1.29 is 0 Å². The molecular formula is C19H25N3. The number of nitrogens with zero attached hydrogens (tertiary/aromatic N) is 3. The van der Waals surface area contributed by atoms with Gasteiger partial charge in [0, 0.05) is 39.4 Å². The van der Waals surface area contributed by atoms with Crippen molar-refractivity contribution in [1.29, 1.82) is 0 Å². The highest BCUT2D eigenvalue weighted by Gasteiger charge is 2.18. The lowest BCUT2D eigenvalue weighted by Gasteiger charge is -2.30. The molecule has 1 aromatic carbocycles. The summed E-state index contributed by atoms with van der Waals surface area (Å²) in [5.41, 5.74) is 2.65. The average molecular weight is 295 g/mol. The number of hydrogen-bond donors (Lipinski definition) is 0. The molecule has 0 aromatic heterocycles. The van der Waals surface area contributed by atoms with E-state index in [1.54, 1.807) is 0 Å². The summed E-state index contributed by atoms with van der Waals surface area (Å²) < 4.78 is 0. The molecule has 1 fully saturated rings. The van der Waals surface area contributed by atoms with Gasteiger partial charge in [-0.1, -0.05) is 36.4 Å². The predicted octanol–water partition coefficient (Wildman–Crippen LogP) is 3.11. The van der Waals surface area contributed by atoms with Crippen LogP contribution >= 0.6 is 0 Å². The molecule has 0 bridgehead atoms. The van der Waals surface area contributed by atoms with Gasteiger partial charge in [0.15, 0.2) is 0 Å². The maximum Gasteiger partial charge on any atom is 0.0524 e. The Balaban J connectivity index is 1.45. The Hall–Kier alpha value is -1.87. The van der Waals surface area contributed by atoms with Gasteiger partial charge < -0.3 is 4.90 Å². The summed E-state index contributed by atoms with van der Waals surface area (Å²) in [4.78, 5) is 9.49. The van der Waals surface area contributed by atoms with Crippen molar-refractivity contribution in [2.24, 2.45) is 4.99 Å². The highest BCUT2D eigenvalue weighted by Crippen LogP contribution is 2.16. The van der Waals surface area contributed by atoms with Crippen LogP contribution in [0.3, 0.4) is 0 Å². The third-order valence-electron chi connectivity index (χ3n) is 4.38. The lowest BCUT2D eigenvalue weighted by molar-refractivity contribution is 0.206. The van der Waals surface area contributed by atoms with Crippen molar-refractivity contribution >= 4 is 6.21 Å². The molecule has 0 aliphatic carbocycles. The van der Waals surface area contributed by atoms with Crippen LogP contribution in [0.2, 0.25) is 0 Å². The number of likely N-dealkylation sites (N-methyl/N-ethyl adjacent to an activating group) is 1. The van der Waals surface area contributed by atoms with E-state index in [2.05, 4.69) is 71.7 Å². The monoisotopic (exact) mass is 295 g/mol. The standard InChI is InChI=1S/C19H25N3/c1-21-11-7-17(8-12-21)15-20-19-9-13-22(14-10-19)16-18-5-3-2-4-6-18/h2-8,11,15,19H,9-10,12-14,16H2,1H3. The van der Waals surface area contributed by atoms with Crippen molar-refractivity contribution in [1.82, 2.24) is 9.80 Å². The Morgan fingerprint density at radius 1 is 1.18 bits per heavy atom. The lowest BCUT2D eigenvalue weighted by atomic mass is 10.0. The third-order valence-corrected chi connectivity index (χ3v) is 4.38. The molecule has 3 rings (SSSR count). The van der Waals surface area contributed by atoms with Crippen LogP contribution in [0.1, 0.15) is 18.4 Å². The zero-order valence-corrected chi connectivity index (χ0v) is 13.4. The molecule has 0 N–H and O–H groups in total. The van der Waals surface area contributed by atoms with Gasteiger partial charge in [-0.15, -0.1) is 0 Å². The Morgan fingerprint density at radius 3 is 2.64 bits per heavy atom. The number of likely N-dealkylation sites (tertiary alicyclic amines) is 1. The number of benzene rings is 1. The van der Waals surface area contributed by atoms with Gasteiger partial charge in [0.25, 0.3) is 0 Å². The molecule has 0 saturated carbocycles.